The summed E-state index contributed by atoms with van der Waals surface area (Å²) in [7, 11) is 0. The van der Waals surface area contributed by atoms with E-state index < -0.39 is 0 Å². The summed E-state index contributed by atoms with van der Waals surface area (Å²) in [6.45, 7) is 6.46. The molecule has 0 bridgehead atoms. The van der Waals surface area contributed by atoms with Crippen molar-refractivity contribution < 1.29 is 4.74 Å². The van der Waals surface area contributed by atoms with Gasteiger partial charge in [-0.25, -0.2) is 9.98 Å². The maximum Gasteiger partial charge on any atom is 0.217 e. The molecule has 9 aromatic rings. The Hall–Kier alpha value is -6.46. The van der Waals surface area contributed by atoms with Gasteiger partial charge < -0.3 is 9.30 Å². The summed E-state index contributed by atoms with van der Waals surface area (Å²) >= 11 is 0. The normalized spacial score (nSPS) is 15.9. The Morgan fingerprint density at radius 2 is 1.19 bits per heavy atom. The third-order valence-electron chi connectivity index (χ3n) is 10.5. The van der Waals surface area contributed by atoms with Gasteiger partial charge in [-0.1, -0.05) is 90.0 Å². The van der Waals surface area contributed by atoms with Crippen molar-refractivity contribution in [3.8, 4) is 11.4 Å². The topological polar surface area (TPSA) is 44.3 Å². The molecule has 10 rings (SSSR count). The average molecular weight is 673 g/mol. The summed E-state index contributed by atoms with van der Waals surface area (Å²) < 4.78 is 11.5. The van der Waals surface area contributed by atoms with Crippen LogP contribution in [-0.2, 0) is 4.74 Å². The third kappa shape index (κ3) is 4.84. The van der Waals surface area contributed by atoms with E-state index in [0.717, 1.165) is 61.2 Å². The van der Waals surface area contributed by atoms with E-state index in [-0.39, 0.29) is 12.1 Å². The fourth-order valence-electron chi connectivity index (χ4n) is 8.12. The van der Waals surface area contributed by atoms with Crippen LogP contribution in [0.4, 0.5) is 0 Å². The molecule has 0 saturated carbocycles. The highest BCUT2D eigenvalue weighted by Crippen LogP contribution is 2.42. The number of nitrogens with zero attached hydrogens (tertiary/aromatic N) is 4. The summed E-state index contributed by atoms with van der Waals surface area (Å²) in [5, 5.41) is 4.80. The van der Waals surface area contributed by atoms with Crippen molar-refractivity contribution >= 4 is 49.6 Å². The zero-order valence-corrected chi connectivity index (χ0v) is 29.3. The van der Waals surface area contributed by atoms with Crippen molar-refractivity contribution in [2.45, 2.75) is 32.9 Å². The molecule has 4 heterocycles. The van der Waals surface area contributed by atoms with Crippen LogP contribution >= 0.6 is 0 Å². The number of benzene rings is 6. The fourth-order valence-corrected chi connectivity index (χ4v) is 8.12. The van der Waals surface area contributed by atoms with E-state index in [1.807, 2.05) is 24.4 Å². The minimum Gasteiger partial charge on any atom is -0.467 e. The number of hydrogen-bond donors (Lipinski definition) is 0. The van der Waals surface area contributed by atoms with Crippen LogP contribution in [0.1, 0.15) is 45.5 Å². The van der Waals surface area contributed by atoms with Crippen molar-refractivity contribution in [3.63, 3.8) is 0 Å². The zero-order valence-electron chi connectivity index (χ0n) is 29.3. The van der Waals surface area contributed by atoms with Crippen molar-refractivity contribution in [1.82, 2.24) is 14.1 Å². The van der Waals surface area contributed by atoms with Crippen molar-refractivity contribution in [2.24, 2.45) is 4.99 Å². The number of hydrogen-bond acceptors (Lipinski definition) is 3. The Labute approximate surface area is 302 Å². The molecule has 0 spiro atoms. The molecule has 0 saturated heterocycles. The molecule has 0 fully saturated rings. The summed E-state index contributed by atoms with van der Waals surface area (Å²) in [6, 6.07) is 51.9. The number of aliphatic imine (C=N–C) groups is 1. The zero-order chi connectivity index (χ0) is 34.9. The predicted octanol–water partition coefficient (Wildman–Crippen LogP) is 11.5. The highest BCUT2D eigenvalue weighted by Gasteiger charge is 2.34. The standard InChI is InChI=1S/C47H36N4O/c1-29-16-20-41-39(25-29)37-19-18-35(51-42-21-17-30(2)26-40(42)38-15-10-22-48-46(38)51)28-43(37)50(41)36-24-31(3)23-34(27-36)47-49-44(32-11-6-4-7-12-32)45(52-47)33-13-8-5-9-14-33/h4-28,44-45H,1-3H3/t44-,45-/m1/s1. The molecule has 0 amide bonds. The van der Waals surface area contributed by atoms with Gasteiger partial charge in [-0.05, 0) is 104 Å². The number of pyridine rings is 1. The van der Waals surface area contributed by atoms with E-state index in [4.69, 9.17) is 14.7 Å². The molecule has 0 N–H and O–H groups in total. The first-order valence-electron chi connectivity index (χ1n) is 17.9. The highest BCUT2D eigenvalue weighted by molar-refractivity contribution is 6.12. The van der Waals surface area contributed by atoms with E-state index in [1.165, 1.54) is 27.3 Å². The van der Waals surface area contributed by atoms with Gasteiger partial charge in [0.15, 0.2) is 6.10 Å². The molecular weight excluding hydrogens is 637 g/mol. The predicted molar refractivity (Wildman–Crippen MR) is 213 cm³/mol. The van der Waals surface area contributed by atoms with E-state index in [2.05, 4.69) is 157 Å². The van der Waals surface area contributed by atoms with Gasteiger partial charge in [-0.3, -0.25) is 4.57 Å². The van der Waals surface area contributed by atoms with E-state index in [1.54, 1.807) is 0 Å². The minimum absolute atomic E-state index is 0.148. The van der Waals surface area contributed by atoms with Gasteiger partial charge in [0.1, 0.15) is 11.7 Å². The van der Waals surface area contributed by atoms with Crippen molar-refractivity contribution in [1.29, 1.82) is 0 Å². The van der Waals surface area contributed by atoms with Crippen LogP contribution in [0.3, 0.4) is 0 Å². The maximum absolute atomic E-state index is 6.81. The molecule has 1 aliphatic heterocycles. The largest absolute Gasteiger partial charge is 0.467 e. The second kappa shape index (κ2) is 11.8. The number of aryl methyl sites for hydroxylation is 3. The van der Waals surface area contributed by atoms with E-state index in [0.29, 0.717) is 5.90 Å². The number of aromatic nitrogens is 3. The van der Waals surface area contributed by atoms with Crippen molar-refractivity contribution in [2.75, 3.05) is 0 Å². The van der Waals surface area contributed by atoms with Crippen LogP contribution in [0.15, 0.2) is 157 Å². The van der Waals surface area contributed by atoms with Gasteiger partial charge in [0.2, 0.25) is 5.90 Å². The number of fused-ring (bicyclic) bond motifs is 6. The molecule has 6 aromatic carbocycles. The second-order valence-electron chi connectivity index (χ2n) is 14.1. The summed E-state index contributed by atoms with van der Waals surface area (Å²) in [4.78, 5) is 10.2. The molecule has 0 unspecified atom stereocenters. The lowest BCUT2D eigenvalue weighted by atomic mass is 9.97. The van der Waals surface area contributed by atoms with Gasteiger partial charge >= 0.3 is 0 Å². The maximum atomic E-state index is 6.81. The van der Waals surface area contributed by atoms with Crippen LogP contribution in [0.5, 0.6) is 0 Å². The van der Waals surface area contributed by atoms with Crippen LogP contribution < -0.4 is 0 Å². The smallest absolute Gasteiger partial charge is 0.217 e. The van der Waals surface area contributed by atoms with Gasteiger partial charge in [0.25, 0.3) is 0 Å². The Balaban J connectivity index is 1.17. The van der Waals surface area contributed by atoms with Crippen LogP contribution in [0.25, 0.3) is 55.1 Å². The molecular formula is C47H36N4O. The van der Waals surface area contributed by atoms with E-state index in [9.17, 15) is 0 Å². The SMILES string of the molecule is Cc1cc(C2=N[C@H](c3ccccc3)[C@@H](c3ccccc3)O2)cc(-n2c3ccc(C)cc3c3ccc(-n4c5ccc(C)cc5c5cccnc54)cc32)c1. The van der Waals surface area contributed by atoms with Crippen LogP contribution in [-0.4, -0.2) is 20.0 Å². The van der Waals surface area contributed by atoms with Crippen molar-refractivity contribution in [3.05, 3.63) is 185 Å². The van der Waals surface area contributed by atoms with Gasteiger partial charge in [0.05, 0.1) is 16.6 Å². The summed E-state index contributed by atoms with van der Waals surface area (Å²) in [5.74, 6) is 0.664. The minimum atomic E-state index is -0.218. The Morgan fingerprint density at radius 3 is 1.94 bits per heavy atom. The lowest BCUT2D eigenvalue weighted by Crippen LogP contribution is -2.09. The molecule has 2 atom stereocenters. The summed E-state index contributed by atoms with van der Waals surface area (Å²) in [5.41, 5.74) is 13.3. The molecule has 3 aromatic heterocycles. The monoisotopic (exact) mass is 672 g/mol. The van der Waals surface area contributed by atoms with E-state index >= 15 is 0 Å². The molecule has 0 radical (unpaired) electrons. The Kier molecular flexibility index (Phi) is 6.90. The Morgan fingerprint density at radius 1 is 0.500 bits per heavy atom. The lowest BCUT2D eigenvalue weighted by Gasteiger charge is -2.18. The molecule has 1 aliphatic rings. The molecule has 250 valence electrons. The molecule has 0 aliphatic carbocycles. The quantitative estimate of drug-likeness (QED) is 0.183. The summed E-state index contributed by atoms with van der Waals surface area (Å²) in [6.07, 6.45) is 1.67. The lowest BCUT2D eigenvalue weighted by molar-refractivity contribution is 0.197. The first kappa shape index (κ1) is 30.4. The molecule has 52 heavy (non-hydrogen) atoms. The molecule has 5 heteroatoms. The van der Waals surface area contributed by atoms with Crippen LogP contribution in [0.2, 0.25) is 0 Å². The van der Waals surface area contributed by atoms with Gasteiger partial charge in [0, 0.05) is 44.7 Å². The second-order valence-corrected chi connectivity index (χ2v) is 14.1. The first-order valence-corrected chi connectivity index (χ1v) is 17.9. The fraction of sp³-hybridized carbons (Fsp3) is 0.106. The highest BCUT2D eigenvalue weighted by atomic mass is 16.5. The average Bonchev–Trinajstić information content (AvgIpc) is 3.86. The third-order valence-corrected chi connectivity index (χ3v) is 10.5. The Bertz CT molecular complexity index is 2860. The first-order chi connectivity index (χ1) is 25.5. The number of rotatable bonds is 5. The molecule has 5 nitrogen and oxygen atoms in total. The van der Waals surface area contributed by atoms with Gasteiger partial charge in [-0.15, -0.1) is 0 Å². The van der Waals surface area contributed by atoms with Gasteiger partial charge in [-0.2, -0.15) is 0 Å². The van der Waals surface area contributed by atoms with Crippen LogP contribution in [0, 0.1) is 20.8 Å². The number of ether oxygens (including phenoxy) is 1.